The number of aromatic amines is 2. The zero-order valence-electron chi connectivity index (χ0n) is 17.0. The maximum absolute atomic E-state index is 12.1. The maximum Gasteiger partial charge on any atom is 0.416 e. The minimum Gasteiger partial charge on any atom is -0.368 e. The molecule has 2 aromatic carbocycles. The molecule has 0 spiro atoms. The van der Waals surface area contributed by atoms with Crippen LogP contribution in [0, 0.1) is 20.8 Å². The van der Waals surface area contributed by atoms with E-state index in [0.717, 1.165) is 12.1 Å². The van der Waals surface area contributed by atoms with E-state index in [1.807, 2.05) is 36.8 Å². The van der Waals surface area contributed by atoms with Crippen LogP contribution in [0.3, 0.4) is 0 Å². The first-order valence-corrected chi connectivity index (χ1v) is 10.1. The molecule has 2 heterocycles. The van der Waals surface area contributed by atoms with Gasteiger partial charge >= 0.3 is 6.18 Å². The quantitative estimate of drug-likeness (QED) is 0.278. The Morgan fingerprint density at radius 1 is 0.733 bits per heavy atom. The normalized spacial score (nSPS) is 10.5. The highest BCUT2D eigenvalue weighted by atomic mass is 79.9. The fourth-order valence-electron chi connectivity index (χ4n) is 2.82. The Kier molecular flexibility index (Phi) is 8.54. The molecular formula is C24H24BrF3N2. The van der Waals surface area contributed by atoms with Gasteiger partial charge in [-0.1, -0.05) is 33.1 Å². The van der Waals surface area contributed by atoms with Gasteiger partial charge in [0.25, 0.3) is 0 Å². The molecule has 0 unspecified atom stereocenters. The summed E-state index contributed by atoms with van der Waals surface area (Å²) in [5, 5.41) is 0. The number of aryl methyl sites for hydroxylation is 3. The van der Waals surface area contributed by atoms with E-state index >= 15 is 0 Å². The van der Waals surface area contributed by atoms with E-state index in [-0.39, 0.29) is 0 Å². The van der Waals surface area contributed by atoms with Crippen LogP contribution >= 0.6 is 15.9 Å². The van der Waals surface area contributed by atoms with Gasteiger partial charge in [-0.25, -0.2) is 0 Å². The Balaban J connectivity index is 0.000000175. The lowest BCUT2D eigenvalue weighted by molar-refractivity contribution is -0.137. The molecule has 0 atom stereocenters. The summed E-state index contributed by atoms with van der Waals surface area (Å²) in [7, 11) is 0. The van der Waals surface area contributed by atoms with Crippen molar-refractivity contribution in [2.24, 2.45) is 0 Å². The molecule has 0 aliphatic carbocycles. The zero-order valence-corrected chi connectivity index (χ0v) is 18.6. The Morgan fingerprint density at radius 3 is 1.77 bits per heavy atom. The zero-order chi connectivity index (χ0) is 22.1. The predicted molar refractivity (Wildman–Crippen MR) is 120 cm³/mol. The van der Waals surface area contributed by atoms with Crippen molar-refractivity contribution in [1.29, 1.82) is 0 Å². The molecular weight excluding hydrogens is 453 g/mol. The summed E-state index contributed by atoms with van der Waals surface area (Å²) in [5.41, 5.74) is 5.05. The van der Waals surface area contributed by atoms with Gasteiger partial charge in [-0.05, 0) is 86.5 Å². The van der Waals surface area contributed by atoms with E-state index in [2.05, 4.69) is 64.0 Å². The Labute approximate surface area is 183 Å². The Morgan fingerprint density at radius 2 is 1.33 bits per heavy atom. The molecule has 30 heavy (non-hydrogen) atoms. The number of alkyl halides is 3. The third-order valence-electron chi connectivity index (χ3n) is 4.00. The average Bonchev–Trinajstić information content (AvgIpc) is 3.37. The van der Waals surface area contributed by atoms with Crippen molar-refractivity contribution in [3.8, 4) is 11.3 Å². The average molecular weight is 477 g/mol. The second-order valence-corrected chi connectivity index (χ2v) is 7.78. The van der Waals surface area contributed by atoms with E-state index in [9.17, 15) is 13.2 Å². The van der Waals surface area contributed by atoms with E-state index in [1.165, 1.54) is 22.4 Å². The summed E-state index contributed by atoms with van der Waals surface area (Å²) in [4.78, 5) is 6.07. The Hall–Kier alpha value is -2.73. The van der Waals surface area contributed by atoms with Crippen molar-refractivity contribution >= 4 is 15.9 Å². The van der Waals surface area contributed by atoms with Gasteiger partial charge in [-0.15, -0.1) is 0 Å². The number of nitrogens with one attached hydrogen (secondary N) is 2. The second kappa shape index (κ2) is 10.9. The number of hydrogen-bond donors (Lipinski definition) is 2. The van der Waals surface area contributed by atoms with Crippen LogP contribution in [0.5, 0.6) is 0 Å². The van der Waals surface area contributed by atoms with Crippen molar-refractivity contribution in [1.82, 2.24) is 9.97 Å². The summed E-state index contributed by atoms with van der Waals surface area (Å²) >= 11 is 3.01. The summed E-state index contributed by atoms with van der Waals surface area (Å²) in [6, 6.07) is 18.4. The van der Waals surface area contributed by atoms with Crippen molar-refractivity contribution in [3.05, 3.63) is 106 Å². The maximum atomic E-state index is 12.1. The van der Waals surface area contributed by atoms with Gasteiger partial charge in [-0.2, -0.15) is 13.2 Å². The smallest absolute Gasteiger partial charge is 0.368 e. The van der Waals surface area contributed by atoms with Gasteiger partial charge in [0, 0.05) is 28.8 Å². The monoisotopic (exact) mass is 476 g/mol. The van der Waals surface area contributed by atoms with Crippen molar-refractivity contribution in [3.63, 3.8) is 0 Å². The highest BCUT2D eigenvalue weighted by molar-refractivity contribution is 9.10. The predicted octanol–water partition coefficient (Wildman–Crippen LogP) is 8.09. The molecule has 4 rings (SSSR count). The van der Waals surface area contributed by atoms with Crippen LogP contribution in [0.1, 0.15) is 22.3 Å². The molecule has 0 fully saturated rings. The molecule has 0 radical (unpaired) electrons. The number of rotatable bonds is 1. The van der Waals surface area contributed by atoms with Crippen LogP contribution in [0.15, 0.2) is 83.7 Å². The molecule has 2 aromatic heterocycles. The standard InChI is InChI=1S/C12H13N.C8H6BrF3.C4H5N/c1-9-6-10(2)8-11(7-9)12-4-3-5-13-12;1-5-2-6(8(10,11)12)4-7(9)3-5;1-2-4-5-3-1/h3-8,13H,1-2H3;2-4H,1H3;1-5H. The first kappa shape index (κ1) is 23.5. The van der Waals surface area contributed by atoms with Gasteiger partial charge in [-0.3, -0.25) is 0 Å². The molecule has 0 aliphatic heterocycles. The van der Waals surface area contributed by atoms with Gasteiger partial charge in [0.15, 0.2) is 0 Å². The lowest BCUT2D eigenvalue weighted by Gasteiger charge is -2.07. The largest absolute Gasteiger partial charge is 0.416 e. The molecule has 0 amide bonds. The lowest BCUT2D eigenvalue weighted by atomic mass is 10.1. The number of aromatic nitrogens is 2. The first-order valence-electron chi connectivity index (χ1n) is 9.29. The molecule has 2 N–H and O–H groups in total. The molecule has 2 nitrogen and oxygen atoms in total. The van der Waals surface area contributed by atoms with Gasteiger partial charge in [0.05, 0.1) is 5.56 Å². The minimum absolute atomic E-state index is 0.454. The highest BCUT2D eigenvalue weighted by Gasteiger charge is 2.30. The van der Waals surface area contributed by atoms with E-state index < -0.39 is 11.7 Å². The number of hydrogen-bond acceptors (Lipinski definition) is 0. The van der Waals surface area contributed by atoms with Crippen LogP contribution < -0.4 is 0 Å². The van der Waals surface area contributed by atoms with Gasteiger partial charge in [0.1, 0.15) is 0 Å². The fraction of sp³-hybridized carbons (Fsp3) is 0.167. The van der Waals surface area contributed by atoms with Crippen LogP contribution in [-0.4, -0.2) is 9.97 Å². The van der Waals surface area contributed by atoms with Gasteiger partial charge < -0.3 is 9.97 Å². The topological polar surface area (TPSA) is 31.6 Å². The number of H-pyrrole nitrogens is 2. The van der Waals surface area contributed by atoms with Crippen LogP contribution in [0.2, 0.25) is 0 Å². The fourth-order valence-corrected chi connectivity index (χ4v) is 3.43. The molecule has 6 heteroatoms. The van der Waals surface area contributed by atoms with Gasteiger partial charge in [0.2, 0.25) is 0 Å². The van der Waals surface area contributed by atoms with E-state index in [1.54, 1.807) is 13.0 Å². The van der Waals surface area contributed by atoms with E-state index in [4.69, 9.17) is 0 Å². The van der Waals surface area contributed by atoms with Crippen molar-refractivity contribution in [2.75, 3.05) is 0 Å². The highest BCUT2D eigenvalue weighted by Crippen LogP contribution is 2.31. The van der Waals surface area contributed by atoms with Crippen molar-refractivity contribution in [2.45, 2.75) is 26.9 Å². The molecule has 0 saturated carbocycles. The first-order chi connectivity index (χ1) is 14.1. The third-order valence-corrected chi connectivity index (χ3v) is 4.45. The second-order valence-electron chi connectivity index (χ2n) is 6.86. The van der Waals surface area contributed by atoms with Crippen molar-refractivity contribution < 1.29 is 13.2 Å². The number of benzene rings is 2. The Bertz CT molecular complexity index is 964. The summed E-state index contributed by atoms with van der Waals surface area (Å²) < 4.78 is 36.8. The molecule has 158 valence electrons. The summed E-state index contributed by atoms with van der Waals surface area (Å²) in [6.45, 7) is 5.87. The summed E-state index contributed by atoms with van der Waals surface area (Å²) in [5.74, 6) is 0. The molecule has 0 aliphatic rings. The third kappa shape index (κ3) is 7.95. The van der Waals surface area contributed by atoms with Crippen LogP contribution in [-0.2, 0) is 6.18 Å². The van der Waals surface area contributed by atoms with E-state index in [0.29, 0.717) is 10.0 Å². The molecule has 0 saturated heterocycles. The van der Waals surface area contributed by atoms with Crippen LogP contribution in [0.4, 0.5) is 13.2 Å². The van der Waals surface area contributed by atoms with Crippen LogP contribution in [0.25, 0.3) is 11.3 Å². The molecule has 0 bridgehead atoms. The minimum atomic E-state index is -4.26. The lowest BCUT2D eigenvalue weighted by Crippen LogP contribution is -2.04. The number of halogens is 4. The molecule has 4 aromatic rings. The summed E-state index contributed by atoms with van der Waals surface area (Å²) in [6.07, 6.45) is 1.45. The SMILES string of the molecule is Cc1cc(Br)cc(C(F)(F)F)c1.Cc1cc(C)cc(-c2ccc[nH]2)c1.c1cc[nH]c1.